The first-order chi connectivity index (χ1) is 6.22. The Morgan fingerprint density at radius 3 is 2.77 bits per heavy atom. The van der Waals surface area contributed by atoms with Gasteiger partial charge in [0.25, 0.3) is 0 Å². The number of hydrogen-bond acceptors (Lipinski definition) is 1. The molecule has 0 aromatic heterocycles. The average molecular weight is 184 g/mol. The van der Waals surface area contributed by atoms with Crippen LogP contribution in [0.25, 0.3) is 0 Å². The van der Waals surface area contributed by atoms with E-state index in [1.54, 1.807) is 24.3 Å². The molecule has 0 heterocycles. The number of halogens is 2. The van der Waals surface area contributed by atoms with Crippen LogP contribution < -0.4 is 0 Å². The van der Waals surface area contributed by atoms with Crippen LogP contribution in [-0.4, -0.2) is 12.7 Å². The maximum Gasteiger partial charge on any atom is 0.239 e. The van der Waals surface area contributed by atoms with Crippen LogP contribution in [0.1, 0.15) is 22.3 Å². The Morgan fingerprint density at radius 1 is 1.38 bits per heavy atom. The van der Waals surface area contributed by atoms with Crippen LogP contribution >= 0.6 is 0 Å². The van der Waals surface area contributed by atoms with Gasteiger partial charge in [0.15, 0.2) is 0 Å². The van der Waals surface area contributed by atoms with Gasteiger partial charge in [-0.1, -0.05) is 18.2 Å². The van der Waals surface area contributed by atoms with Crippen LogP contribution in [-0.2, 0) is 6.42 Å². The summed E-state index contributed by atoms with van der Waals surface area (Å²) in [7, 11) is 0. The number of carbonyl (C=O) groups is 1. The number of hydrogen-bond donors (Lipinski definition) is 0. The van der Waals surface area contributed by atoms with Gasteiger partial charge in [-0.2, -0.15) is 0 Å². The fourth-order valence-corrected chi connectivity index (χ4v) is 1.10. The third kappa shape index (κ3) is 3.32. The zero-order valence-electron chi connectivity index (χ0n) is 7.04. The molecule has 0 aliphatic carbocycles. The number of aldehydes is 1. The zero-order chi connectivity index (χ0) is 9.68. The van der Waals surface area contributed by atoms with Gasteiger partial charge in [-0.05, 0) is 18.1 Å². The van der Waals surface area contributed by atoms with Gasteiger partial charge in [0.2, 0.25) is 6.43 Å². The highest BCUT2D eigenvalue weighted by molar-refractivity contribution is 5.74. The average Bonchev–Trinajstić information content (AvgIpc) is 2.15. The summed E-state index contributed by atoms with van der Waals surface area (Å²) < 4.78 is 23.7. The summed E-state index contributed by atoms with van der Waals surface area (Å²) in [6, 6.07) is 6.73. The maximum absolute atomic E-state index is 11.8. The van der Waals surface area contributed by atoms with E-state index in [-0.39, 0.29) is 6.42 Å². The third-order valence-corrected chi connectivity index (χ3v) is 1.74. The highest BCUT2D eigenvalue weighted by atomic mass is 19.3. The van der Waals surface area contributed by atoms with Crippen LogP contribution in [0, 0.1) is 0 Å². The minimum atomic E-state index is -2.28. The summed E-state index contributed by atoms with van der Waals surface area (Å²) in [5.74, 6) is 0. The largest absolute Gasteiger partial charge is 0.298 e. The Morgan fingerprint density at radius 2 is 2.15 bits per heavy atom. The number of benzene rings is 1. The van der Waals surface area contributed by atoms with Gasteiger partial charge in [-0.3, -0.25) is 4.79 Å². The second kappa shape index (κ2) is 4.70. The Kier molecular flexibility index (Phi) is 3.55. The molecule has 1 nitrogen and oxygen atoms in total. The SMILES string of the molecule is O=Cc1cccc(CCC(F)F)c1. The topological polar surface area (TPSA) is 17.1 Å². The second-order valence-corrected chi connectivity index (χ2v) is 2.79. The summed E-state index contributed by atoms with van der Waals surface area (Å²) >= 11 is 0. The Hall–Kier alpha value is -1.25. The van der Waals surface area contributed by atoms with Crippen molar-refractivity contribution in [3.8, 4) is 0 Å². The molecule has 0 saturated heterocycles. The molecule has 0 amide bonds. The molecule has 70 valence electrons. The molecule has 0 fully saturated rings. The van der Waals surface area contributed by atoms with Crippen molar-refractivity contribution in [3.05, 3.63) is 35.4 Å². The second-order valence-electron chi connectivity index (χ2n) is 2.79. The van der Waals surface area contributed by atoms with Crippen LogP contribution in [0.4, 0.5) is 8.78 Å². The summed E-state index contributed by atoms with van der Waals surface area (Å²) in [6.07, 6.45) is -1.40. The van der Waals surface area contributed by atoms with Gasteiger partial charge in [-0.25, -0.2) is 8.78 Å². The van der Waals surface area contributed by atoms with Gasteiger partial charge >= 0.3 is 0 Å². The molecule has 1 rings (SSSR count). The molecule has 0 spiro atoms. The molecule has 0 N–H and O–H groups in total. The molecule has 3 heteroatoms. The van der Waals surface area contributed by atoms with Gasteiger partial charge in [0.05, 0.1) is 0 Å². The standard InChI is InChI=1S/C10H10F2O/c11-10(12)5-4-8-2-1-3-9(6-8)7-13/h1-3,6-7,10H,4-5H2. The van der Waals surface area contributed by atoms with Crippen LogP contribution in [0.3, 0.4) is 0 Å². The highest BCUT2D eigenvalue weighted by Gasteiger charge is 2.02. The molecule has 0 saturated carbocycles. The predicted octanol–water partition coefficient (Wildman–Crippen LogP) is 2.70. The lowest BCUT2D eigenvalue weighted by Crippen LogP contribution is -1.94. The number of alkyl halides is 2. The van der Waals surface area contributed by atoms with Crippen molar-refractivity contribution in [2.45, 2.75) is 19.3 Å². The maximum atomic E-state index is 11.8. The van der Waals surface area contributed by atoms with Crippen LogP contribution in [0.2, 0.25) is 0 Å². The monoisotopic (exact) mass is 184 g/mol. The Labute approximate surface area is 75.4 Å². The van der Waals surface area contributed by atoms with Crippen molar-refractivity contribution < 1.29 is 13.6 Å². The lowest BCUT2D eigenvalue weighted by Gasteiger charge is -2.00. The summed E-state index contributed by atoms with van der Waals surface area (Å²) in [6.45, 7) is 0. The van der Waals surface area contributed by atoms with Gasteiger partial charge in [0, 0.05) is 12.0 Å². The number of aryl methyl sites for hydroxylation is 1. The van der Waals surface area contributed by atoms with Crippen LogP contribution in [0.5, 0.6) is 0 Å². The Balaban J connectivity index is 2.61. The molecule has 0 bridgehead atoms. The smallest absolute Gasteiger partial charge is 0.239 e. The van der Waals surface area contributed by atoms with E-state index in [9.17, 15) is 13.6 Å². The summed E-state index contributed by atoms with van der Waals surface area (Å²) in [5.41, 5.74) is 1.32. The van der Waals surface area contributed by atoms with E-state index in [1.165, 1.54) is 0 Å². The summed E-state index contributed by atoms with van der Waals surface area (Å²) in [5, 5.41) is 0. The van der Waals surface area contributed by atoms with E-state index in [1.807, 2.05) is 0 Å². The molecule has 1 aromatic rings. The first-order valence-electron chi connectivity index (χ1n) is 4.04. The fraction of sp³-hybridized carbons (Fsp3) is 0.300. The third-order valence-electron chi connectivity index (χ3n) is 1.74. The summed E-state index contributed by atoms with van der Waals surface area (Å²) in [4.78, 5) is 10.3. The number of rotatable bonds is 4. The lowest BCUT2D eigenvalue weighted by atomic mass is 10.1. The van der Waals surface area contributed by atoms with Gasteiger partial charge in [-0.15, -0.1) is 0 Å². The highest BCUT2D eigenvalue weighted by Crippen LogP contribution is 2.09. The van der Waals surface area contributed by atoms with Crippen molar-refractivity contribution in [2.75, 3.05) is 0 Å². The molecule has 0 aliphatic rings. The van der Waals surface area contributed by atoms with Crippen molar-refractivity contribution in [2.24, 2.45) is 0 Å². The van der Waals surface area contributed by atoms with Gasteiger partial charge < -0.3 is 0 Å². The molecule has 0 radical (unpaired) electrons. The Bertz CT molecular complexity index is 284. The molecule has 0 atom stereocenters. The minimum absolute atomic E-state index is 0.150. The minimum Gasteiger partial charge on any atom is -0.298 e. The van der Waals surface area contributed by atoms with E-state index in [0.717, 1.165) is 5.56 Å². The molecule has 13 heavy (non-hydrogen) atoms. The first-order valence-corrected chi connectivity index (χ1v) is 4.04. The lowest BCUT2D eigenvalue weighted by molar-refractivity contribution is 0.112. The van der Waals surface area contributed by atoms with Gasteiger partial charge in [0.1, 0.15) is 6.29 Å². The number of carbonyl (C=O) groups excluding carboxylic acids is 1. The zero-order valence-corrected chi connectivity index (χ0v) is 7.04. The van der Waals surface area contributed by atoms with Crippen molar-refractivity contribution in [1.29, 1.82) is 0 Å². The predicted molar refractivity (Wildman–Crippen MR) is 46.2 cm³/mol. The molecular weight excluding hydrogens is 174 g/mol. The molecular formula is C10H10F2O. The first kappa shape index (κ1) is 9.84. The molecule has 0 unspecified atom stereocenters. The van der Waals surface area contributed by atoms with E-state index in [2.05, 4.69) is 0 Å². The van der Waals surface area contributed by atoms with E-state index < -0.39 is 6.43 Å². The molecule has 0 aliphatic heterocycles. The van der Waals surface area contributed by atoms with E-state index in [4.69, 9.17) is 0 Å². The van der Waals surface area contributed by atoms with E-state index in [0.29, 0.717) is 18.3 Å². The fourth-order valence-electron chi connectivity index (χ4n) is 1.10. The van der Waals surface area contributed by atoms with Crippen molar-refractivity contribution in [3.63, 3.8) is 0 Å². The van der Waals surface area contributed by atoms with Crippen molar-refractivity contribution >= 4 is 6.29 Å². The van der Waals surface area contributed by atoms with Crippen molar-refractivity contribution in [1.82, 2.24) is 0 Å². The quantitative estimate of drug-likeness (QED) is 0.657. The molecule has 1 aromatic carbocycles. The van der Waals surface area contributed by atoms with E-state index >= 15 is 0 Å². The normalized spacial score (nSPS) is 10.4. The van der Waals surface area contributed by atoms with Crippen LogP contribution in [0.15, 0.2) is 24.3 Å².